The van der Waals surface area contributed by atoms with Crippen LogP contribution in [0.5, 0.6) is 0 Å². The van der Waals surface area contributed by atoms with Gasteiger partial charge in [-0.2, -0.15) is 0 Å². The second-order valence-corrected chi connectivity index (χ2v) is 10.1. The summed E-state index contributed by atoms with van der Waals surface area (Å²) in [6, 6.07) is 0. The van der Waals surface area contributed by atoms with Crippen molar-refractivity contribution in [1.82, 2.24) is 0 Å². The highest BCUT2D eigenvalue weighted by Crippen LogP contribution is 2.10. The Balaban J connectivity index is 3.12. The van der Waals surface area contributed by atoms with Crippen molar-refractivity contribution in [3.63, 3.8) is 0 Å². The Morgan fingerprint density at radius 1 is 0.378 bits per heavy atom. The molecule has 0 heterocycles. The van der Waals surface area contributed by atoms with Gasteiger partial charge < -0.3 is 23.7 Å². The summed E-state index contributed by atoms with van der Waals surface area (Å²) in [5, 5.41) is 0. The van der Waals surface area contributed by atoms with Crippen LogP contribution < -0.4 is 0 Å². The Labute approximate surface area is 229 Å². The van der Waals surface area contributed by atoms with Crippen LogP contribution in [0.15, 0.2) is 0 Å². The first-order valence-corrected chi connectivity index (χ1v) is 15.8. The summed E-state index contributed by atoms with van der Waals surface area (Å²) in [4.78, 5) is 11.8. The van der Waals surface area contributed by atoms with Crippen molar-refractivity contribution in [2.75, 3.05) is 59.5 Å². The van der Waals surface area contributed by atoms with Crippen LogP contribution >= 0.6 is 0 Å². The smallest absolute Gasteiger partial charge is 0.305 e. The first kappa shape index (κ1) is 36.3. The normalized spacial score (nSPS) is 11.3. The zero-order valence-electron chi connectivity index (χ0n) is 24.7. The molecule has 6 heteroatoms. The van der Waals surface area contributed by atoms with E-state index in [1.807, 2.05) is 0 Å². The molecule has 0 atom stereocenters. The molecule has 0 aromatic carbocycles. The lowest BCUT2D eigenvalue weighted by atomic mass is 10.1. The average Bonchev–Trinajstić information content (AvgIpc) is 2.90. The van der Waals surface area contributed by atoms with E-state index >= 15 is 0 Å². The van der Waals surface area contributed by atoms with Crippen molar-refractivity contribution in [1.29, 1.82) is 0 Å². The summed E-state index contributed by atoms with van der Waals surface area (Å²) in [5.41, 5.74) is 0. The van der Waals surface area contributed by atoms with Crippen molar-refractivity contribution in [2.24, 2.45) is 0 Å². The van der Waals surface area contributed by atoms with Crippen LogP contribution in [0, 0.1) is 0 Å². The maximum atomic E-state index is 11.8. The molecule has 0 rings (SSSR count). The number of hydrogen-bond acceptors (Lipinski definition) is 6. The topological polar surface area (TPSA) is 63.2 Å². The first-order chi connectivity index (χ1) is 18.3. The highest BCUT2D eigenvalue weighted by molar-refractivity contribution is 5.69. The predicted octanol–water partition coefficient (Wildman–Crippen LogP) is 8.05. The van der Waals surface area contributed by atoms with Gasteiger partial charge in [0.2, 0.25) is 0 Å². The number of ether oxygens (including phenoxy) is 5. The molecule has 0 saturated heterocycles. The van der Waals surface area contributed by atoms with Crippen LogP contribution in [0.2, 0.25) is 0 Å². The van der Waals surface area contributed by atoms with Crippen LogP contribution in [-0.2, 0) is 28.5 Å². The Morgan fingerprint density at radius 3 is 1.14 bits per heavy atom. The fourth-order valence-corrected chi connectivity index (χ4v) is 4.09. The van der Waals surface area contributed by atoms with Gasteiger partial charge in [0.15, 0.2) is 0 Å². The largest absolute Gasteiger partial charge is 0.466 e. The molecule has 0 spiro atoms. The van der Waals surface area contributed by atoms with Crippen molar-refractivity contribution >= 4 is 5.97 Å². The van der Waals surface area contributed by atoms with Gasteiger partial charge in [0.1, 0.15) is 0 Å². The van der Waals surface area contributed by atoms with Gasteiger partial charge in [-0.05, 0) is 19.3 Å². The first-order valence-electron chi connectivity index (χ1n) is 15.8. The van der Waals surface area contributed by atoms with Crippen LogP contribution in [0.3, 0.4) is 0 Å². The third kappa shape index (κ3) is 33.3. The van der Waals surface area contributed by atoms with E-state index in [0.29, 0.717) is 65.7 Å². The molecular weight excluding hydrogens is 468 g/mol. The quantitative estimate of drug-likeness (QED) is 0.0647. The van der Waals surface area contributed by atoms with Crippen molar-refractivity contribution in [2.45, 2.75) is 136 Å². The molecule has 37 heavy (non-hydrogen) atoms. The van der Waals surface area contributed by atoms with E-state index in [2.05, 4.69) is 13.8 Å². The van der Waals surface area contributed by atoms with E-state index in [1.165, 1.54) is 89.9 Å². The third-order valence-electron chi connectivity index (χ3n) is 6.44. The van der Waals surface area contributed by atoms with Gasteiger partial charge in [0.25, 0.3) is 0 Å². The van der Waals surface area contributed by atoms with E-state index in [1.54, 1.807) is 0 Å². The molecule has 0 radical (unpaired) electrons. The molecule has 0 aliphatic rings. The molecule has 0 fully saturated rings. The number of unbranched alkanes of at least 4 members (excludes halogenated alkanes) is 15. The molecule has 0 N–H and O–H groups in total. The molecule has 0 saturated carbocycles. The fourth-order valence-electron chi connectivity index (χ4n) is 4.09. The summed E-state index contributed by atoms with van der Waals surface area (Å²) in [6.45, 7) is 9.94. The van der Waals surface area contributed by atoms with E-state index in [9.17, 15) is 4.79 Å². The van der Waals surface area contributed by atoms with Gasteiger partial charge in [-0.1, -0.05) is 110 Å². The molecule has 0 aliphatic heterocycles. The minimum absolute atomic E-state index is 0.112. The van der Waals surface area contributed by atoms with Gasteiger partial charge in [-0.15, -0.1) is 0 Å². The van der Waals surface area contributed by atoms with Crippen LogP contribution in [0.1, 0.15) is 136 Å². The van der Waals surface area contributed by atoms with Crippen molar-refractivity contribution in [3.8, 4) is 0 Å². The molecule has 0 amide bonds. The van der Waals surface area contributed by atoms with Gasteiger partial charge in [-0.25, -0.2) is 0 Å². The molecular formula is C31H62O6. The van der Waals surface area contributed by atoms with Crippen LogP contribution in [0.25, 0.3) is 0 Å². The summed E-state index contributed by atoms with van der Waals surface area (Å²) in [5.74, 6) is -0.112. The lowest BCUT2D eigenvalue weighted by Crippen LogP contribution is -2.12. The molecule has 0 unspecified atom stereocenters. The second kappa shape index (κ2) is 33.3. The number of carbonyl (C=O) groups excluding carboxylic acids is 1. The average molecular weight is 531 g/mol. The Kier molecular flexibility index (Phi) is 32.7. The molecule has 0 aromatic rings. The lowest BCUT2D eigenvalue weighted by Gasteiger charge is -2.08. The van der Waals surface area contributed by atoms with Crippen molar-refractivity contribution < 1.29 is 28.5 Å². The standard InChI is InChI=1S/C31H62O6/c1-3-5-7-9-11-12-13-15-17-19-24-37-31(32)21-20-23-34-26-28-36-30-29-35-27-25-33-22-18-16-14-10-8-6-4-2/h3-30H2,1-2H3. The monoisotopic (exact) mass is 530 g/mol. The Hall–Kier alpha value is -0.690. The second-order valence-electron chi connectivity index (χ2n) is 10.1. The van der Waals surface area contributed by atoms with E-state index < -0.39 is 0 Å². The van der Waals surface area contributed by atoms with Gasteiger partial charge in [0.05, 0.1) is 46.2 Å². The number of esters is 1. The van der Waals surface area contributed by atoms with Gasteiger partial charge >= 0.3 is 5.97 Å². The summed E-state index contributed by atoms with van der Waals surface area (Å²) in [6.07, 6.45) is 23.1. The Morgan fingerprint density at radius 2 is 0.703 bits per heavy atom. The fraction of sp³-hybridized carbons (Fsp3) is 0.968. The minimum Gasteiger partial charge on any atom is -0.466 e. The molecule has 0 aliphatic carbocycles. The number of carbonyl (C=O) groups is 1. The number of hydrogen-bond donors (Lipinski definition) is 0. The molecule has 6 nitrogen and oxygen atoms in total. The van der Waals surface area contributed by atoms with Crippen LogP contribution in [0.4, 0.5) is 0 Å². The maximum Gasteiger partial charge on any atom is 0.305 e. The van der Waals surface area contributed by atoms with E-state index in [-0.39, 0.29) is 5.97 Å². The summed E-state index contributed by atoms with van der Waals surface area (Å²) >= 11 is 0. The summed E-state index contributed by atoms with van der Waals surface area (Å²) in [7, 11) is 0. The predicted molar refractivity (Wildman–Crippen MR) is 153 cm³/mol. The zero-order valence-corrected chi connectivity index (χ0v) is 24.7. The highest BCUT2D eigenvalue weighted by Gasteiger charge is 2.03. The van der Waals surface area contributed by atoms with Crippen LogP contribution in [-0.4, -0.2) is 65.4 Å². The zero-order chi connectivity index (χ0) is 26.9. The van der Waals surface area contributed by atoms with E-state index in [0.717, 1.165) is 25.9 Å². The maximum absolute atomic E-state index is 11.8. The SMILES string of the molecule is CCCCCCCCCCCCOC(=O)CCCOCCOCCOCCOCCCCCCCCC. The molecule has 222 valence electrons. The number of rotatable bonds is 32. The van der Waals surface area contributed by atoms with E-state index in [4.69, 9.17) is 23.7 Å². The highest BCUT2D eigenvalue weighted by atomic mass is 16.6. The third-order valence-corrected chi connectivity index (χ3v) is 6.44. The van der Waals surface area contributed by atoms with Gasteiger partial charge in [-0.3, -0.25) is 4.79 Å². The lowest BCUT2D eigenvalue weighted by molar-refractivity contribution is -0.144. The molecule has 0 aromatic heterocycles. The van der Waals surface area contributed by atoms with Crippen molar-refractivity contribution in [3.05, 3.63) is 0 Å². The summed E-state index contributed by atoms with van der Waals surface area (Å²) < 4.78 is 27.5. The van der Waals surface area contributed by atoms with Gasteiger partial charge in [0, 0.05) is 19.6 Å². The molecule has 0 bridgehead atoms. The Bertz CT molecular complexity index is 432. The minimum atomic E-state index is -0.112.